The Bertz CT molecular complexity index is 1090. The Kier molecular flexibility index (Phi) is 6.67. The molecule has 2 amide bonds. The fraction of sp³-hybridized carbons (Fsp3) is 0.0952. The SMILES string of the molecule is O=C(CNC(=O)C(c1ccccc1)c1ccccc1)N/N=C/c1cc(=O)[nH]c(=O)[nH]1. The first-order chi connectivity index (χ1) is 14.5. The van der Waals surface area contributed by atoms with Gasteiger partial charge in [0.25, 0.3) is 11.5 Å². The maximum atomic E-state index is 12.8. The Hall–Kier alpha value is -4.27. The summed E-state index contributed by atoms with van der Waals surface area (Å²) in [6.45, 7) is -0.293. The standard InChI is InChI=1S/C21H19N5O4/c27-17-11-16(24-21(30)25-17)12-23-26-18(28)13-22-20(29)19(14-7-3-1-4-8-14)15-9-5-2-6-10-15/h1-12,19H,13H2,(H,22,29)(H,26,28)(H2,24,25,27,30)/b23-12+. The van der Waals surface area contributed by atoms with Gasteiger partial charge < -0.3 is 10.3 Å². The molecule has 0 aliphatic carbocycles. The highest BCUT2D eigenvalue weighted by Gasteiger charge is 2.22. The van der Waals surface area contributed by atoms with E-state index in [1.165, 1.54) is 0 Å². The molecule has 0 spiro atoms. The normalized spacial score (nSPS) is 10.8. The third-order valence-electron chi connectivity index (χ3n) is 4.13. The molecule has 3 rings (SSSR count). The molecule has 30 heavy (non-hydrogen) atoms. The monoisotopic (exact) mass is 405 g/mol. The van der Waals surface area contributed by atoms with E-state index in [1.54, 1.807) is 0 Å². The van der Waals surface area contributed by atoms with Crippen LogP contribution in [0.1, 0.15) is 22.7 Å². The van der Waals surface area contributed by atoms with Crippen molar-refractivity contribution in [1.82, 2.24) is 20.7 Å². The molecular weight excluding hydrogens is 386 g/mol. The fourth-order valence-corrected chi connectivity index (χ4v) is 2.83. The van der Waals surface area contributed by atoms with Gasteiger partial charge >= 0.3 is 5.69 Å². The first-order valence-corrected chi connectivity index (χ1v) is 9.06. The lowest BCUT2D eigenvalue weighted by Crippen LogP contribution is -2.37. The minimum atomic E-state index is -0.685. The van der Waals surface area contributed by atoms with Crippen LogP contribution in [0.4, 0.5) is 0 Å². The molecule has 2 aromatic carbocycles. The predicted octanol–water partition coefficient (Wildman–Crippen LogP) is 0.462. The quantitative estimate of drug-likeness (QED) is 0.335. The number of amides is 2. The van der Waals surface area contributed by atoms with Crippen LogP contribution in [0.5, 0.6) is 0 Å². The maximum Gasteiger partial charge on any atom is 0.326 e. The van der Waals surface area contributed by atoms with E-state index >= 15 is 0 Å². The molecule has 3 aromatic rings. The van der Waals surface area contributed by atoms with Crippen molar-refractivity contribution in [3.8, 4) is 0 Å². The zero-order chi connectivity index (χ0) is 21.3. The van der Waals surface area contributed by atoms with E-state index in [2.05, 4.69) is 20.8 Å². The van der Waals surface area contributed by atoms with Gasteiger partial charge in [-0.15, -0.1) is 0 Å². The van der Waals surface area contributed by atoms with Crippen molar-refractivity contribution in [3.05, 3.63) is 104 Å². The Balaban J connectivity index is 1.62. The molecule has 0 saturated heterocycles. The highest BCUT2D eigenvalue weighted by atomic mass is 16.2. The molecule has 0 saturated carbocycles. The summed E-state index contributed by atoms with van der Waals surface area (Å²) in [7, 11) is 0. The second-order valence-corrected chi connectivity index (χ2v) is 6.31. The molecule has 0 atom stereocenters. The van der Waals surface area contributed by atoms with E-state index in [0.717, 1.165) is 23.4 Å². The molecule has 0 aliphatic heterocycles. The minimum absolute atomic E-state index is 0.126. The summed E-state index contributed by atoms with van der Waals surface area (Å²) >= 11 is 0. The van der Waals surface area contributed by atoms with Crippen LogP contribution in [-0.4, -0.2) is 34.5 Å². The summed E-state index contributed by atoms with van der Waals surface area (Å²) in [6.07, 6.45) is 1.12. The van der Waals surface area contributed by atoms with Gasteiger partial charge in [0.2, 0.25) is 5.91 Å². The van der Waals surface area contributed by atoms with Crippen LogP contribution in [0.25, 0.3) is 0 Å². The van der Waals surface area contributed by atoms with E-state index in [0.29, 0.717) is 0 Å². The lowest BCUT2D eigenvalue weighted by molar-refractivity contribution is -0.126. The first kappa shape index (κ1) is 20.5. The van der Waals surface area contributed by atoms with Crippen molar-refractivity contribution in [2.45, 2.75) is 5.92 Å². The zero-order valence-corrected chi connectivity index (χ0v) is 15.8. The lowest BCUT2D eigenvalue weighted by Gasteiger charge is -2.17. The predicted molar refractivity (Wildman–Crippen MR) is 111 cm³/mol. The van der Waals surface area contributed by atoms with Gasteiger partial charge in [0.05, 0.1) is 24.4 Å². The van der Waals surface area contributed by atoms with Crippen molar-refractivity contribution in [2.75, 3.05) is 6.54 Å². The number of carbonyl (C=O) groups is 2. The van der Waals surface area contributed by atoms with Crippen LogP contribution >= 0.6 is 0 Å². The molecular formula is C21H19N5O4. The molecule has 152 valence electrons. The molecule has 9 nitrogen and oxygen atoms in total. The maximum absolute atomic E-state index is 12.8. The molecule has 0 radical (unpaired) electrons. The fourth-order valence-electron chi connectivity index (χ4n) is 2.83. The topological polar surface area (TPSA) is 136 Å². The summed E-state index contributed by atoms with van der Waals surface area (Å²) in [5.41, 5.74) is 2.68. The number of H-pyrrole nitrogens is 2. The Morgan fingerprint density at radius 2 is 1.53 bits per heavy atom. The Morgan fingerprint density at radius 3 is 2.10 bits per heavy atom. The van der Waals surface area contributed by atoms with E-state index in [9.17, 15) is 19.2 Å². The van der Waals surface area contributed by atoms with Crippen molar-refractivity contribution in [1.29, 1.82) is 0 Å². The number of nitrogens with zero attached hydrogens (tertiary/aromatic N) is 1. The highest BCUT2D eigenvalue weighted by Crippen LogP contribution is 2.24. The van der Waals surface area contributed by atoms with Gasteiger partial charge in [0, 0.05) is 6.07 Å². The second-order valence-electron chi connectivity index (χ2n) is 6.31. The van der Waals surface area contributed by atoms with Crippen LogP contribution < -0.4 is 22.0 Å². The summed E-state index contributed by atoms with van der Waals surface area (Å²) in [5, 5.41) is 6.27. The van der Waals surface area contributed by atoms with Gasteiger partial charge in [-0.2, -0.15) is 5.10 Å². The second kappa shape index (κ2) is 9.78. The number of aromatic nitrogens is 2. The molecule has 4 N–H and O–H groups in total. The first-order valence-electron chi connectivity index (χ1n) is 9.06. The number of nitrogens with one attached hydrogen (secondary N) is 4. The number of hydrogen-bond donors (Lipinski definition) is 4. The van der Waals surface area contributed by atoms with Gasteiger partial charge in [0.1, 0.15) is 0 Å². The van der Waals surface area contributed by atoms with Crippen LogP contribution in [0.2, 0.25) is 0 Å². The minimum Gasteiger partial charge on any atom is -0.346 e. The van der Waals surface area contributed by atoms with Crippen LogP contribution in [0.15, 0.2) is 81.4 Å². The number of hydrazone groups is 1. The number of carbonyl (C=O) groups excluding carboxylic acids is 2. The van der Waals surface area contributed by atoms with Gasteiger partial charge in [0.15, 0.2) is 0 Å². The van der Waals surface area contributed by atoms with Gasteiger partial charge in [-0.25, -0.2) is 10.2 Å². The number of benzene rings is 2. The van der Waals surface area contributed by atoms with Crippen molar-refractivity contribution in [3.63, 3.8) is 0 Å². The van der Waals surface area contributed by atoms with Gasteiger partial charge in [-0.05, 0) is 11.1 Å². The number of hydrogen-bond acceptors (Lipinski definition) is 5. The Morgan fingerprint density at radius 1 is 0.933 bits per heavy atom. The summed E-state index contributed by atoms with van der Waals surface area (Å²) in [5.74, 6) is -1.46. The van der Waals surface area contributed by atoms with Crippen LogP contribution in [0.3, 0.4) is 0 Å². The van der Waals surface area contributed by atoms with E-state index in [1.807, 2.05) is 65.6 Å². The van der Waals surface area contributed by atoms with Crippen molar-refractivity contribution < 1.29 is 9.59 Å². The summed E-state index contributed by atoms with van der Waals surface area (Å²) in [4.78, 5) is 51.5. The molecule has 1 heterocycles. The van der Waals surface area contributed by atoms with Crippen molar-refractivity contribution in [2.24, 2.45) is 5.10 Å². The largest absolute Gasteiger partial charge is 0.346 e. The average molecular weight is 405 g/mol. The number of aromatic amines is 2. The molecule has 0 unspecified atom stereocenters. The average Bonchev–Trinajstić information content (AvgIpc) is 2.73. The third-order valence-corrected chi connectivity index (χ3v) is 4.13. The van der Waals surface area contributed by atoms with Gasteiger partial charge in [-0.1, -0.05) is 60.7 Å². The third kappa shape index (κ3) is 5.61. The van der Waals surface area contributed by atoms with Crippen LogP contribution in [-0.2, 0) is 9.59 Å². The highest BCUT2D eigenvalue weighted by molar-refractivity contribution is 5.91. The summed E-state index contributed by atoms with van der Waals surface area (Å²) < 4.78 is 0. The van der Waals surface area contributed by atoms with Crippen molar-refractivity contribution >= 4 is 18.0 Å². The van der Waals surface area contributed by atoms with E-state index in [4.69, 9.17) is 0 Å². The smallest absolute Gasteiger partial charge is 0.326 e. The summed E-state index contributed by atoms with van der Waals surface area (Å²) in [6, 6.07) is 19.6. The zero-order valence-electron chi connectivity index (χ0n) is 15.8. The molecule has 9 heteroatoms. The number of rotatable bonds is 7. The molecule has 0 bridgehead atoms. The van der Waals surface area contributed by atoms with E-state index in [-0.39, 0.29) is 18.1 Å². The molecule has 0 aliphatic rings. The Labute approximate surface area is 170 Å². The lowest BCUT2D eigenvalue weighted by atomic mass is 9.90. The van der Waals surface area contributed by atoms with Crippen LogP contribution in [0, 0.1) is 0 Å². The molecule has 0 fully saturated rings. The van der Waals surface area contributed by atoms with Gasteiger partial charge in [-0.3, -0.25) is 19.4 Å². The molecule has 1 aromatic heterocycles. The van der Waals surface area contributed by atoms with E-state index < -0.39 is 23.1 Å².